The second-order valence-electron chi connectivity index (χ2n) is 5.75. The highest BCUT2D eigenvalue weighted by Crippen LogP contribution is 2.37. The highest BCUT2D eigenvalue weighted by molar-refractivity contribution is 6.38. The summed E-state index contributed by atoms with van der Waals surface area (Å²) in [5.41, 5.74) is 0.935. The molecule has 2 aliphatic heterocycles. The van der Waals surface area contributed by atoms with E-state index >= 15 is 0 Å². The van der Waals surface area contributed by atoms with Gasteiger partial charge in [0.05, 0.1) is 15.6 Å². The molecule has 2 aromatic rings. The number of nitrogens with zero attached hydrogens (tertiary/aromatic N) is 3. The molecule has 2 atom stereocenters. The van der Waals surface area contributed by atoms with Crippen LogP contribution in [-0.2, 0) is 14.4 Å². The lowest BCUT2D eigenvalue weighted by Crippen LogP contribution is -2.33. The molecule has 1 saturated heterocycles. The highest BCUT2D eigenvalue weighted by atomic mass is 35.5. The third-order valence-corrected chi connectivity index (χ3v) is 4.60. The Kier molecular flexibility index (Phi) is 3.69. The monoisotopic (exact) mass is 371 g/mol. The molecule has 0 saturated carbocycles. The van der Waals surface area contributed by atoms with E-state index in [-0.39, 0.29) is 22.1 Å². The van der Waals surface area contributed by atoms with Crippen molar-refractivity contribution in [3.05, 3.63) is 69.2 Å². The minimum absolute atomic E-state index is 0.0867. The zero-order chi connectivity index (χ0) is 18.4. The zero-order valence-corrected chi connectivity index (χ0v) is 13.8. The smallest absolute Gasteiger partial charge is 0.279 e. The Morgan fingerprint density at radius 1 is 1.08 bits per heavy atom. The minimum atomic E-state index is -1.07. The van der Waals surface area contributed by atoms with E-state index in [1.807, 2.05) is 0 Å². The van der Waals surface area contributed by atoms with E-state index in [4.69, 9.17) is 16.4 Å². The topological polar surface area (TPSA) is 102 Å². The summed E-state index contributed by atoms with van der Waals surface area (Å²) in [5.74, 6) is -1.96. The summed E-state index contributed by atoms with van der Waals surface area (Å²) in [6, 6.07) is 12.1. The molecule has 0 bridgehead atoms. The molecule has 130 valence electrons. The van der Waals surface area contributed by atoms with Crippen LogP contribution in [-0.4, -0.2) is 28.6 Å². The number of halogens is 1. The number of imide groups is 1. The van der Waals surface area contributed by atoms with E-state index in [9.17, 15) is 19.7 Å². The van der Waals surface area contributed by atoms with Crippen LogP contribution in [0.5, 0.6) is 0 Å². The first-order valence-electron chi connectivity index (χ1n) is 7.60. The fraction of sp³-hybridized carbons (Fsp3) is 0.118. The Balaban J connectivity index is 1.69. The van der Waals surface area contributed by atoms with Gasteiger partial charge < -0.3 is 4.84 Å². The highest BCUT2D eigenvalue weighted by Gasteiger charge is 2.56. The molecule has 2 heterocycles. The quantitative estimate of drug-likeness (QED) is 0.468. The number of carbonyl (C=O) groups excluding carboxylic acids is 2. The van der Waals surface area contributed by atoms with Crippen molar-refractivity contribution in [2.75, 3.05) is 4.90 Å². The number of nitro groups is 1. The van der Waals surface area contributed by atoms with Crippen LogP contribution < -0.4 is 4.90 Å². The van der Waals surface area contributed by atoms with Crippen molar-refractivity contribution in [2.45, 2.75) is 6.10 Å². The predicted molar refractivity (Wildman–Crippen MR) is 91.9 cm³/mol. The third-order valence-electron chi connectivity index (χ3n) is 4.28. The maximum absolute atomic E-state index is 12.9. The Bertz CT molecular complexity index is 973. The molecule has 4 rings (SSSR count). The molecule has 26 heavy (non-hydrogen) atoms. The lowest BCUT2D eigenvalue weighted by Gasteiger charge is -2.16. The zero-order valence-electron chi connectivity index (χ0n) is 13.0. The number of amides is 2. The number of anilines is 1. The Labute approximate surface area is 151 Å². The number of carbonyl (C=O) groups is 2. The number of benzene rings is 2. The average Bonchev–Trinajstić information content (AvgIpc) is 3.17. The summed E-state index contributed by atoms with van der Waals surface area (Å²) in [6.45, 7) is 0. The average molecular weight is 372 g/mol. The van der Waals surface area contributed by atoms with Crippen LogP contribution in [0.25, 0.3) is 0 Å². The lowest BCUT2D eigenvalue weighted by molar-refractivity contribution is -0.384. The van der Waals surface area contributed by atoms with E-state index in [0.717, 1.165) is 4.90 Å². The molecule has 0 aromatic heterocycles. The first-order valence-corrected chi connectivity index (χ1v) is 7.97. The van der Waals surface area contributed by atoms with Gasteiger partial charge in [0.15, 0.2) is 0 Å². The van der Waals surface area contributed by atoms with Crippen LogP contribution in [0.1, 0.15) is 5.56 Å². The summed E-state index contributed by atoms with van der Waals surface area (Å²) in [6.07, 6.45) is -1.07. The van der Waals surface area contributed by atoms with Gasteiger partial charge in [-0.05, 0) is 24.3 Å². The van der Waals surface area contributed by atoms with Crippen molar-refractivity contribution in [2.24, 2.45) is 11.1 Å². The van der Waals surface area contributed by atoms with Crippen LogP contribution in [0, 0.1) is 16.0 Å². The third kappa shape index (κ3) is 2.34. The van der Waals surface area contributed by atoms with Crippen molar-refractivity contribution in [3.8, 4) is 0 Å². The molecular weight excluding hydrogens is 362 g/mol. The van der Waals surface area contributed by atoms with E-state index in [2.05, 4.69) is 5.16 Å². The van der Waals surface area contributed by atoms with Gasteiger partial charge in [-0.1, -0.05) is 28.9 Å². The van der Waals surface area contributed by atoms with E-state index < -0.39 is 28.8 Å². The number of rotatable bonds is 3. The summed E-state index contributed by atoms with van der Waals surface area (Å²) in [7, 11) is 0. The van der Waals surface area contributed by atoms with Crippen LogP contribution >= 0.6 is 11.6 Å². The molecule has 2 amide bonds. The fourth-order valence-corrected chi connectivity index (χ4v) is 3.26. The van der Waals surface area contributed by atoms with Gasteiger partial charge in [-0.15, -0.1) is 0 Å². The normalized spacial score (nSPS) is 21.4. The Morgan fingerprint density at radius 3 is 2.42 bits per heavy atom. The van der Waals surface area contributed by atoms with Gasteiger partial charge in [0.25, 0.3) is 11.6 Å². The van der Waals surface area contributed by atoms with Crippen molar-refractivity contribution in [3.63, 3.8) is 0 Å². The summed E-state index contributed by atoms with van der Waals surface area (Å²) in [5, 5.41) is 14.9. The number of fused-ring (bicyclic) bond motifs is 1. The predicted octanol–water partition coefficient (Wildman–Crippen LogP) is 2.54. The summed E-state index contributed by atoms with van der Waals surface area (Å²) >= 11 is 6.11. The first kappa shape index (κ1) is 16.2. The molecule has 0 spiro atoms. The van der Waals surface area contributed by atoms with Gasteiger partial charge >= 0.3 is 0 Å². The maximum atomic E-state index is 12.9. The van der Waals surface area contributed by atoms with Gasteiger partial charge in [0.2, 0.25) is 12.0 Å². The van der Waals surface area contributed by atoms with E-state index in [0.29, 0.717) is 5.56 Å². The summed E-state index contributed by atoms with van der Waals surface area (Å²) in [4.78, 5) is 42.0. The molecule has 8 nitrogen and oxygen atoms in total. The SMILES string of the molecule is O=C1[C@@H]2C(c3ccc([N+](=O)[O-])cc3)=NO[C@@H]2C(=O)N1c1ccccc1Cl. The van der Waals surface area contributed by atoms with Crippen molar-refractivity contribution in [1.82, 2.24) is 0 Å². The molecule has 0 N–H and O–H groups in total. The largest absolute Gasteiger partial charge is 0.381 e. The number of oxime groups is 1. The number of nitro benzene ring substituents is 1. The summed E-state index contributed by atoms with van der Waals surface area (Å²) < 4.78 is 0. The van der Waals surface area contributed by atoms with Crippen molar-refractivity contribution < 1.29 is 19.3 Å². The number of para-hydroxylation sites is 1. The second-order valence-corrected chi connectivity index (χ2v) is 6.15. The van der Waals surface area contributed by atoms with E-state index in [1.165, 1.54) is 24.3 Å². The van der Waals surface area contributed by atoms with Gasteiger partial charge in [-0.25, -0.2) is 4.90 Å². The first-order chi connectivity index (χ1) is 12.5. The van der Waals surface area contributed by atoms with Gasteiger partial charge in [-0.2, -0.15) is 0 Å². The van der Waals surface area contributed by atoms with Gasteiger partial charge in [0.1, 0.15) is 11.6 Å². The molecule has 0 unspecified atom stereocenters. The van der Waals surface area contributed by atoms with Crippen LogP contribution in [0.4, 0.5) is 11.4 Å². The van der Waals surface area contributed by atoms with Crippen LogP contribution in [0.2, 0.25) is 5.02 Å². The van der Waals surface area contributed by atoms with Gasteiger partial charge in [-0.3, -0.25) is 19.7 Å². The number of non-ortho nitro benzene ring substituents is 1. The van der Waals surface area contributed by atoms with Crippen LogP contribution in [0.15, 0.2) is 53.7 Å². The van der Waals surface area contributed by atoms with Gasteiger partial charge in [0, 0.05) is 17.7 Å². The fourth-order valence-electron chi connectivity index (χ4n) is 3.04. The Morgan fingerprint density at radius 2 is 1.77 bits per heavy atom. The standard InChI is InChI=1S/C17H10ClN3O5/c18-11-3-1-2-4-12(11)20-16(22)13-14(19-26-15(13)17(20)23)9-5-7-10(8-6-9)21(24)25/h1-8,13,15H/t13-,15+/m1/s1. The number of hydrogen-bond acceptors (Lipinski definition) is 6. The van der Waals surface area contributed by atoms with E-state index in [1.54, 1.807) is 24.3 Å². The van der Waals surface area contributed by atoms with Crippen molar-refractivity contribution >= 4 is 40.5 Å². The van der Waals surface area contributed by atoms with Crippen molar-refractivity contribution in [1.29, 1.82) is 0 Å². The maximum Gasteiger partial charge on any atom is 0.279 e. The number of hydrogen-bond donors (Lipinski definition) is 0. The molecule has 9 heteroatoms. The molecule has 1 fully saturated rings. The molecule has 2 aliphatic rings. The lowest BCUT2D eigenvalue weighted by atomic mass is 9.94. The molecular formula is C17H10ClN3O5. The molecule has 0 aliphatic carbocycles. The van der Waals surface area contributed by atoms with Crippen LogP contribution in [0.3, 0.4) is 0 Å². The molecule has 0 radical (unpaired) electrons. The molecule has 2 aromatic carbocycles. The second kappa shape index (κ2) is 5.92. The minimum Gasteiger partial charge on any atom is -0.381 e. The Hall–Kier alpha value is -3.26.